The average molecular weight is 398 g/mol. The molecule has 1 saturated heterocycles. The molecule has 1 unspecified atom stereocenters. The van der Waals surface area contributed by atoms with Gasteiger partial charge >= 0.3 is 5.97 Å². The van der Waals surface area contributed by atoms with Crippen LogP contribution in [0.1, 0.15) is 43.2 Å². The summed E-state index contributed by atoms with van der Waals surface area (Å²) in [7, 11) is 0. The Morgan fingerprint density at radius 1 is 0.964 bits per heavy atom. The monoisotopic (exact) mass is 397 g/mol. The zero-order valence-electron chi connectivity index (χ0n) is 16.3. The lowest BCUT2D eigenvalue weighted by molar-refractivity contribution is -0.146. The number of rotatable bonds is 5. The number of piperidine rings is 1. The van der Waals surface area contributed by atoms with Crippen molar-refractivity contribution in [2.45, 2.75) is 38.2 Å². The van der Waals surface area contributed by atoms with E-state index in [4.69, 9.17) is 4.74 Å². The SMILES string of the molecule is CC(C#CCN1CCCCC1)OC(=O)C(c1ccccc1)c1ccccc1.Cl. The summed E-state index contributed by atoms with van der Waals surface area (Å²) in [5.74, 6) is 5.57. The average Bonchev–Trinajstić information content (AvgIpc) is 2.70. The molecule has 1 heterocycles. The van der Waals surface area contributed by atoms with Crippen molar-refractivity contribution >= 4 is 18.4 Å². The maximum absolute atomic E-state index is 12.9. The van der Waals surface area contributed by atoms with Crippen LogP contribution >= 0.6 is 12.4 Å². The van der Waals surface area contributed by atoms with Crippen LogP contribution in [0.5, 0.6) is 0 Å². The summed E-state index contributed by atoms with van der Waals surface area (Å²) < 4.78 is 5.68. The topological polar surface area (TPSA) is 29.5 Å². The number of hydrogen-bond donors (Lipinski definition) is 0. The largest absolute Gasteiger partial charge is 0.449 e. The molecule has 2 aromatic carbocycles. The summed E-state index contributed by atoms with van der Waals surface area (Å²) in [4.78, 5) is 15.3. The Kier molecular flexibility index (Phi) is 9.07. The molecule has 1 aliphatic rings. The van der Waals surface area contributed by atoms with Gasteiger partial charge in [0.25, 0.3) is 0 Å². The van der Waals surface area contributed by atoms with E-state index in [1.54, 1.807) is 0 Å². The lowest BCUT2D eigenvalue weighted by atomic mass is 9.91. The summed E-state index contributed by atoms with van der Waals surface area (Å²) in [6.07, 6.45) is 3.40. The molecule has 0 radical (unpaired) electrons. The van der Waals surface area contributed by atoms with E-state index >= 15 is 0 Å². The van der Waals surface area contributed by atoms with Gasteiger partial charge in [0.05, 0.1) is 6.54 Å². The molecule has 0 amide bonds. The molecule has 0 spiro atoms. The smallest absolute Gasteiger partial charge is 0.319 e. The van der Waals surface area contributed by atoms with Crippen LogP contribution in [0.15, 0.2) is 60.7 Å². The highest BCUT2D eigenvalue weighted by Gasteiger charge is 2.25. The summed E-state index contributed by atoms with van der Waals surface area (Å²) >= 11 is 0. The summed E-state index contributed by atoms with van der Waals surface area (Å²) in [5, 5.41) is 0. The highest BCUT2D eigenvalue weighted by Crippen LogP contribution is 2.26. The quantitative estimate of drug-likeness (QED) is 0.542. The molecular weight excluding hydrogens is 370 g/mol. The van der Waals surface area contributed by atoms with E-state index in [2.05, 4.69) is 16.7 Å². The van der Waals surface area contributed by atoms with Crippen molar-refractivity contribution in [2.24, 2.45) is 0 Å². The van der Waals surface area contributed by atoms with Crippen LogP contribution in [0.2, 0.25) is 0 Å². The number of ether oxygens (including phenoxy) is 1. The van der Waals surface area contributed by atoms with E-state index in [-0.39, 0.29) is 18.4 Å². The lowest BCUT2D eigenvalue weighted by Gasteiger charge is -2.24. The Labute approximate surface area is 174 Å². The zero-order chi connectivity index (χ0) is 18.9. The Balaban J connectivity index is 0.00000280. The lowest BCUT2D eigenvalue weighted by Crippen LogP contribution is -2.30. The molecule has 0 N–H and O–H groups in total. The van der Waals surface area contributed by atoms with Crippen LogP contribution in [0.4, 0.5) is 0 Å². The molecule has 1 fully saturated rings. The van der Waals surface area contributed by atoms with E-state index < -0.39 is 12.0 Å². The number of halogens is 1. The molecule has 4 heteroatoms. The van der Waals surface area contributed by atoms with Crippen LogP contribution in [0, 0.1) is 11.8 Å². The van der Waals surface area contributed by atoms with Crippen molar-refractivity contribution in [3.63, 3.8) is 0 Å². The van der Waals surface area contributed by atoms with Gasteiger partial charge in [-0.05, 0) is 44.0 Å². The maximum Gasteiger partial charge on any atom is 0.319 e. The Morgan fingerprint density at radius 2 is 1.50 bits per heavy atom. The van der Waals surface area contributed by atoms with Gasteiger partial charge in [-0.2, -0.15) is 0 Å². The Morgan fingerprint density at radius 3 is 2.04 bits per heavy atom. The van der Waals surface area contributed by atoms with Gasteiger partial charge < -0.3 is 4.74 Å². The third-order valence-electron chi connectivity index (χ3n) is 4.85. The first-order chi connectivity index (χ1) is 13.2. The number of carbonyl (C=O) groups excluding carboxylic acids is 1. The summed E-state index contributed by atoms with van der Waals surface area (Å²) in [6.45, 7) is 4.83. The van der Waals surface area contributed by atoms with Gasteiger partial charge in [0.15, 0.2) is 6.10 Å². The fourth-order valence-electron chi connectivity index (χ4n) is 3.45. The van der Waals surface area contributed by atoms with Crippen molar-refractivity contribution in [3.8, 4) is 11.8 Å². The molecular formula is C24H28ClNO2. The van der Waals surface area contributed by atoms with E-state index in [1.807, 2.05) is 67.6 Å². The minimum absolute atomic E-state index is 0. The number of carbonyl (C=O) groups is 1. The summed E-state index contributed by atoms with van der Waals surface area (Å²) in [5.41, 5.74) is 1.87. The standard InChI is InChI=1S/C24H27NO2.ClH/c1-20(12-11-19-25-17-9-4-10-18-25)27-24(26)23(21-13-5-2-6-14-21)22-15-7-3-8-16-22;/h2-3,5-8,13-16,20,23H,4,9-10,17-19H2,1H3;1H. The van der Waals surface area contributed by atoms with Gasteiger partial charge in [0.1, 0.15) is 5.92 Å². The molecule has 1 aliphatic heterocycles. The van der Waals surface area contributed by atoms with E-state index in [0.717, 1.165) is 30.8 Å². The molecule has 1 atom stereocenters. The highest BCUT2D eigenvalue weighted by molar-refractivity contribution is 5.85. The number of nitrogens with zero attached hydrogens (tertiary/aromatic N) is 1. The van der Waals surface area contributed by atoms with Gasteiger partial charge in [-0.1, -0.05) is 78.9 Å². The maximum atomic E-state index is 12.9. The van der Waals surface area contributed by atoms with Gasteiger partial charge in [0, 0.05) is 0 Å². The van der Waals surface area contributed by atoms with E-state index in [1.165, 1.54) is 19.3 Å². The third-order valence-corrected chi connectivity index (χ3v) is 4.85. The normalized spacial score (nSPS) is 15.1. The van der Waals surface area contributed by atoms with Crippen LogP contribution < -0.4 is 0 Å². The van der Waals surface area contributed by atoms with Gasteiger partial charge in [-0.25, -0.2) is 0 Å². The minimum atomic E-state index is -0.432. The Bertz CT molecular complexity index is 737. The van der Waals surface area contributed by atoms with Gasteiger partial charge in [-0.3, -0.25) is 9.69 Å². The van der Waals surface area contributed by atoms with E-state index in [0.29, 0.717) is 0 Å². The molecule has 0 saturated carbocycles. The van der Waals surface area contributed by atoms with Crippen molar-refractivity contribution < 1.29 is 9.53 Å². The fourth-order valence-corrected chi connectivity index (χ4v) is 3.45. The van der Waals surface area contributed by atoms with Crippen LogP contribution in [0.3, 0.4) is 0 Å². The Hall–Kier alpha value is -2.28. The number of hydrogen-bond acceptors (Lipinski definition) is 3. The molecule has 0 aliphatic carbocycles. The van der Waals surface area contributed by atoms with Crippen molar-refractivity contribution in [3.05, 3.63) is 71.8 Å². The molecule has 0 aromatic heterocycles. The number of benzene rings is 2. The number of likely N-dealkylation sites (tertiary alicyclic amines) is 1. The second kappa shape index (κ2) is 11.5. The first-order valence-corrected chi connectivity index (χ1v) is 9.75. The molecule has 28 heavy (non-hydrogen) atoms. The van der Waals surface area contributed by atoms with Crippen LogP contribution in [0.25, 0.3) is 0 Å². The van der Waals surface area contributed by atoms with Crippen molar-refractivity contribution in [1.29, 1.82) is 0 Å². The zero-order valence-corrected chi connectivity index (χ0v) is 17.2. The van der Waals surface area contributed by atoms with Crippen LogP contribution in [-0.2, 0) is 9.53 Å². The van der Waals surface area contributed by atoms with Crippen LogP contribution in [-0.4, -0.2) is 36.6 Å². The third kappa shape index (κ3) is 6.41. The summed E-state index contributed by atoms with van der Waals surface area (Å²) in [6, 6.07) is 19.5. The first-order valence-electron chi connectivity index (χ1n) is 9.75. The second-order valence-corrected chi connectivity index (χ2v) is 6.99. The highest BCUT2D eigenvalue weighted by atomic mass is 35.5. The first kappa shape index (κ1) is 22.0. The molecule has 3 nitrogen and oxygen atoms in total. The predicted molar refractivity (Wildman–Crippen MR) is 116 cm³/mol. The molecule has 3 rings (SSSR count). The van der Waals surface area contributed by atoms with Gasteiger partial charge in [0.2, 0.25) is 0 Å². The second-order valence-electron chi connectivity index (χ2n) is 6.99. The minimum Gasteiger partial charge on any atom is -0.449 e. The van der Waals surface area contributed by atoms with E-state index in [9.17, 15) is 4.79 Å². The molecule has 0 bridgehead atoms. The van der Waals surface area contributed by atoms with Gasteiger partial charge in [-0.15, -0.1) is 12.4 Å². The van der Waals surface area contributed by atoms with Crippen molar-refractivity contribution in [1.82, 2.24) is 4.90 Å². The molecule has 148 valence electrons. The van der Waals surface area contributed by atoms with Crippen molar-refractivity contribution in [2.75, 3.05) is 19.6 Å². The fraction of sp³-hybridized carbons (Fsp3) is 0.375. The number of esters is 1. The molecule has 2 aromatic rings. The predicted octanol–water partition coefficient (Wildman–Crippen LogP) is 4.66.